The molecule has 0 bridgehead atoms. The van der Waals surface area contributed by atoms with Crippen molar-refractivity contribution in [1.82, 2.24) is 14.9 Å². The molecule has 2 aromatic heterocycles. The second-order valence-corrected chi connectivity index (χ2v) is 5.63. The van der Waals surface area contributed by atoms with E-state index in [9.17, 15) is 4.79 Å². The SMILES string of the molecule is CNc1cccc(C(=O)N2CCN(c3nccs3)CC2)n1. The second-order valence-electron chi connectivity index (χ2n) is 4.75. The minimum absolute atomic E-state index is 0.00844. The predicted molar refractivity (Wildman–Crippen MR) is 84.0 cm³/mol. The van der Waals surface area contributed by atoms with Crippen molar-refractivity contribution in [2.75, 3.05) is 43.4 Å². The summed E-state index contributed by atoms with van der Waals surface area (Å²) in [6, 6.07) is 5.45. The van der Waals surface area contributed by atoms with Crippen LogP contribution in [-0.4, -0.2) is 54.0 Å². The Morgan fingerprint density at radius 2 is 2.10 bits per heavy atom. The predicted octanol–water partition coefficient (Wildman–Crippen LogP) is 1.54. The summed E-state index contributed by atoms with van der Waals surface area (Å²) >= 11 is 1.63. The van der Waals surface area contributed by atoms with E-state index < -0.39 is 0 Å². The van der Waals surface area contributed by atoms with Crippen molar-refractivity contribution in [2.45, 2.75) is 0 Å². The summed E-state index contributed by atoms with van der Waals surface area (Å²) < 4.78 is 0. The number of nitrogens with zero attached hydrogens (tertiary/aromatic N) is 4. The van der Waals surface area contributed by atoms with E-state index >= 15 is 0 Å². The normalized spacial score (nSPS) is 15.1. The first-order valence-corrected chi connectivity index (χ1v) is 7.74. The number of hydrogen-bond acceptors (Lipinski definition) is 6. The number of carbonyl (C=O) groups excluding carboxylic acids is 1. The maximum atomic E-state index is 12.5. The number of anilines is 2. The van der Waals surface area contributed by atoms with Gasteiger partial charge in [-0.25, -0.2) is 9.97 Å². The lowest BCUT2D eigenvalue weighted by Gasteiger charge is -2.34. The number of carbonyl (C=O) groups is 1. The molecule has 7 heteroatoms. The second kappa shape index (κ2) is 6.09. The Kier molecular flexibility index (Phi) is 4.01. The lowest BCUT2D eigenvalue weighted by atomic mass is 10.2. The van der Waals surface area contributed by atoms with E-state index in [1.165, 1.54) is 0 Å². The third kappa shape index (κ3) is 2.97. The van der Waals surface area contributed by atoms with Crippen LogP contribution in [0.25, 0.3) is 0 Å². The van der Waals surface area contributed by atoms with Crippen LogP contribution < -0.4 is 10.2 Å². The van der Waals surface area contributed by atoms with Crippen LogP contribution in [0.2, 0.25) is 0 Å². The molecule has 1 N–H and O–H groups in total. The number of pyridine rings is 1. The van der Waals surface area contributed by atoms with Gasteiger partial charge in [0.15, 0.2) is 5.13 Å². The van der Waals surface area contributed by atoms with Crippen molar-refractivity contribution >= 4 is 28.2 Å². The lowest BCUT2D eigenvalue weighted by Crippen LogP contribution is -2.49. The van der Waals surface area contributed by atoms with E-state index in [1.54, 1.807) is 24.5 Å². The lowest BCUT2D eigenvalue weighted by molar-refractivity contribution is 0.0741. The quantitative estimate of drug-likeness (QED) is 0.932. The highest BCUT2D eigenvalue weighted by atomic mass is 32.1. The van der Waals surface area contributed by atoms with Gasteiger partial charge in [0.1, 0.15) is 11.5 Å². The summed E-state index contributed by atoms with van der Waals surface area (Å²) in [5.74, 6) is 0.702. The minimum Gasteiger partial charge on any atom is -0.373 e. The van der Waals surface area contributed by atoms with E-state index in [1.807, 2.05) is 28.6 Å². The number of piperazine rings is 1. The Balaban J connectivity index is 1.64. The molecule has 0 aromatic carbocycles. The third-order valence-corrected chi connectivity index (χ3v) is 4.31. The van der Waals surface area contributed by atoms with Gasteiger partial charge in [-0.1, -0.05) is 6.07 Å². The van der Waals surface area contributed by atoms with E-state index in [4.69, 9.17) is 0 Å². The molecular formula is C14H17N5OS. The maximum absolute atomic E-state index is 12.5. The zero-order valence-electron chi connectivity index (χ0n) is 11.8. The van der Waals surface area contributed by atoms with Gasteiger partial charge in [0.2, 0.25) is 0 Å². The highest BCUT2D eigenvalue weighted by molar-refractivity contribution is 7.13. The first-order valence-electron chi connectivity index (χ1n) is 6.86. The first kappa shape index (κ1) is 13.8. The molecule has 0 spiro atoms. The minimum atomic E-state index is -0.00844. The highest BCUT2D eigenvalue weighted by Crippen LogP contribution is 2.19. The number of aromatic nitrogens is 2. The summed E-state index contributed by atoms with van der Waals surface area (Å²) in [7, 11) is 1.80. The first-order chi connectivity index (χ1) is 10.3. The largest absolute Gasteiger partial charge is 0.373 e. The molecule has 21 heavy (non-hydrogen) atoms. The summed E-state index contributed by atoms with van der Waals surface area (Å²) in [5, 5.41) is 5.95. The van der Waals surface area contributed by atoms with Crippen LogP contribution in [0.3, 0.4) is 0 Å². The van der Waals surface area contributed by atoms with Crippen molar-refractivity contribution < 1.29 is 4.79 Å². The van der Waals surface area contributed by atoms with Gasteiger partial charge in [0, 0.05) is 44.8 Å². The number of rotatable bonds is 3. The average molecular weight is 303 g/mol. The van der Waals surface area contributed by atoms with Crippen molar-refractivity contribution in [3.05, 3.63) is 35.5 Å². The van der Waals surface area contributed by atoms with Gasteiger partial charge in [-0.3, -0.25) is 4.79 Å². The van der Waals surface area contributed by atoms with Gasteiger partial charge in [0.05, 0.1) is 0 Å². The van der Waals surface area contributed by atoms with Crippen LogP contribution in [0.5, 0.6) is 0 Å². The fourth-order valence-electron chi connectivity index (χ4n) is 2.33. The molecule has 1 aliphatic heterocycles. The molecule has 1 fully saturated rings. The molecule has 0 aliphatic carbocycles. The Morgan fingerprint density at radius 3 is 2.76 bits per heavy atom. The maximum Gasteiger partial charge on any atom is 0.272 e. The standard InChI is InChI=1S/C14H17N5OS/c1-15-12-4-2-3-11(17-12)13(20)18-6-8-19(9-7-18)14-16-5-10-21-14/h2-5,10H,6-9H2,1H3,(H,15,17). The Hall–Kier alpha value is -2.15. The zero-order valence-corrected chi connectivity index (χ0v) is 12.6. The smallest absolute Gasteiger partial charge is 0.272 e. The molecule has 1 saturated heterocycles. The zero-order chi connectivity index (χ0) is 14.7. The van der Waals surface area contributed by atoms with E-state index in [-0.39, 0.29) is 5.91 Å². The Morgan fingerprint density at radius 1 is 1.29 bits per heavy atom. The molecule has 0 radical (unpaired) electrons. The fraction of sp³-hybridized carbons (Fsp3) is 0.357. The molecule has 3 rings (SSSR count). The molecule has 110 valence electrons. The number of hydrogen-bond donors (Lipinski definition) is 1. The molecule has 6 nitrogen and oxygen atoms in total. The van der Waals surface area contributed by atoms with Crippen LogP contribution in [0, 0.1) is 0 Å². The average Bonchev–Trinajstić information content (AvgIpc) is 3.09. The van der Waals surface area contributed by atoms with Crippen molar-refractivity contribution in [2.24, 2.45) is 0 Å². The van der Waals surface area contributed by atoms with Crippen LogP contribution in [0.15, 0.2) is 29.8 Å². The molecule has 1 aliphatic rings. The van der Waals surface area contributed by atoms with Crippen LogP contribution in [0.1, 0.15) is 10.5 Å². The van der Waals surface area contributed by atoms with E-state index in [0.29, 0.717) is 24.6 Å². The summed E-state index contributed by atoms with van der Waals surface area (Å²) in [6.07, 6.45) is 1.81. The number of thiazole rings is 1. The summed E-state index contributed by atoms with van der Waals surface area (Å²) in [5.41, 5.74) is 0.490. The third-order valence-electron chi connectivity index (χ3n) is 3.48. The monoisotopic (exact) mass is 303 g/mol. The van der Waals surface area contributed by atoms with Gasteiger partial charge < -0.3 is 15.1 Å². The number of amides is 1. The molecule has 0 saturated carbocycles. The van der Waals surface area contributed by atoms with Gasteiger partial charge in [-0.15, -0.1) is 11.3 Å². The van der Waals surface area contributed by atoms with E-state index in [2.05, 4.69) is 20.2 Å². The van der Waals surface area contributed by atoms with E-state index in [0.717, 1.165) is 18.2 Å². The summed E-state index contributed by atoms with van der Waals surface area (Å²) in [6.45, 7) is 3.02. The number of nitrogens with one attached hydrogen (secondary N) is 1. The van der Waals surface area contributed by atoms with Gasteiger partial charge >= 0.3 is 0 Å². The fourth-order valence-corrected chi connectivity index (χ4v) is 3.02. The van der Waals surface area contributed by atoms with Crippen molar-refractivity contribution in [3.63, 3.8) is 0 Å². The molecule has 0 atom stereocenters. The van der Waals surface area contributed by atoms with Crippen molar-refractivity contribution in [3.8, 4) is 0 Å². The van der Waals surface area contributed by atoms with Gasteiger partial charge in [-0.05, 0) is 12.1 Å². The molecule has 1 amide bonds. The van der Waals surface area contributed by atoms with Crippen LogP contribution >= 0.6 is 11.3 Å². The highest BCUT2D eigenvalue weighted by Gasteiger charge is 2.24. The topological polar surface area (TPSA) is 61.4 Å². The molecular weight excluding hydrogens is 286 g/mol. The molecule has 3 heterocycles. The van der Waals surface area contributed by atoms with Gasteiger partial charge in [0.25, 0.3) is 5.91 Å². The van der Waals surface area contributed by atoms with Crippen molar-refractivity contribution in [1.29, 1.82) is 0 Å². The Labute approximate surface area is 127 Å². The van der Waals surface area contributed by atoms with Crippen LogP contribution in [-0.2, 0) is 0 Å². The van der Waals surface area contributed by atoms with Crippen LogP contribution in [0.4, 0.5) is 10.9 Å². The Bertz CT molecular complexity index is 608. The summed E-state index contributed by atoms with van der Waals surface area (Å²) in [4.78, 5) is 25.2. The van der Waals surface area contributed by atoms with Gasteiger partial charge in [-0.2, -0.15) is 0 Å². The molecule has 2 aromatic rings. The molecule has 0 unspecified atom stereocenters.